The van der Waals surface area contributed by atoms with Gasteiger partial charge in [-0.25, -0.2) is 0 Å². The van der Waals surface area contributed by atoms with E-state index in [1.165, 1.54) is 4.90 Å². The molecule has 0 saturated carbocycles. The van der Waals surface area contributed by atoms with E-state index in [1.54, 1.807) is 13.8 Å². The van der Waals surface area contributed by atoms with Gasteiger partial charge in [0.15, 0.2) is 0 Å². The van der Waals surface area contributed by atoms with Crippen LogP contribution in [0.25, 0.3) is 0 Å². The van der Waals surface area contributed by atoms with Crippen LogP contribution < -0.4 is 0 Å². The SMILES string of the molecule is CCCCN(CCCC)CCS(=O)C(F)(F)C(F)(F)C(F)(F)C(F)(F)C(F)(F)C(F)(F)F. The average molecular weight is 523 g/mol. The largest absolute Gasteiger partial charge is 0.460 e. The van der Waals surface area contributed by atoms with Crippen molar-refractivity contribution < 1.29 is 61.3 Å². The summed E-state index contributed by atoms with van der Waals surface area (Å²) in [5.74, 6) is -32.7. The van der Waals surface area contributed by atoms with Crippen LogP contribution in [-0.2, 0) is 10.8 Å². The van der Waals surface area contributed by atoms with Crippen molar-refractivity contribution in [3.05, 3.63) is 0 Å². The summed E-state index contributed by atoms with van der Waals surface area (Å²) in [6, 6.07) is 0. The molecule has 0 aliphatic heterocycles. The zero-order chi connectivity index (χ0) is 25.8. The maximum atomic E-state index is 13.9. The summed E-state index contributed by atoms with van der Waals surface area (Å²) in [6.45, 7) is 3.27. The fraction of sp³-hybridized carbons (Fsp3) is 1.00. The van der Waals surface area contributed by atoms with E-state index in [-0.39, 0.29) is 13.1 Å². The fourth-order valence-corrected chi connectivity index (χ4v) is 3.43. The molecule has 16 heteroatoms. The zero-order valence-corrected chi connectivity index (χ0v) is 17.7. The Hall–Kier alpha value is -0.800. The smallest absolute Gasteiger partial charge is 0.302 e. The molecule has 0 aromatic heterocycles. The Morgan fingerprint density at radius 3 is 1.31 bits per heavy atom. The fourth-order valence-electron chi connectivity index (χ4n) is 2.34. The number of unbranched alkanes of at least 4 members (excludes halogenated alkanes) is 2. The second-order valence-electron chi connectivity index (χ2n) is 6.91. The Balaban J connectivity index is 5.84. The maximum Gasteiger partial charge on any atom is 0.460 e. The van der Waals surface area contributed by atoms with Crippen molar-refractivity contribution in [1.29, 1.82) is 0 Å². The van der Waals surface area contributed by atoms with Gasteiger partial charge in [0.05, 0.1) is 10.8 Å². The minimum absolute atomic E-state index is 0.210. The molecule has 0 aliphatic rings. The summed E-state index contributed by atoms with van der Waals surface area (Å²) in [4.78, 5) is 1.36. The molecule has 0 rings (SSSR count). The molecule has 0 bridgehead atoms. The van der Waals surface area contributed by atoms with Crippen LogP contribution in [0.5, 0.6) is 0 Å². The highest BCUT2D eigenvalue weighted by Crippen LogP contribution is 2.60. The van der Waals surface area contributed by atoms with Crippen LogP contribution >= 0.6 is 0 Å². The normalized spacial score (nSPS) is 16.0. The molecule has 2 nitrogen and oxygen atoms in total. The Kier molecular flexibility index (Phi) is 10.4. The predicted molar refractivity (Wildman–Crippen MR) is 90.1 cm³/mol. The molecular weight excluding hydrogens is 501 g/mol. The molecule has 1 atom stereocenters. The van der Waals surface area contributed by atoms with E-state index in [0.29, 0.717) is 25.7 Å². The molecule has 32 heavy (non-hydrogen) atoms. The van der Waals surface area contributed by atoms with Crippen LogP contribution in [0.2, 0.25) is 0 Å². The lowest BCUT2D eigenvalue weighted by Crippen LogP contribution is -2.70. The molecule has 0 N–H and O–H groups in total. The third-order valence-corrected chi connectivity index (χ3v) is 5.82. The Morgan fingerprint density at radius 2 is 0.969 bits per heavy atom. The van der Waals surface area contributed by atoms with Crippen LogP contribution in [0.15, 0.2) is 0 Å². The van der Waals surface area contributed by atoms with Gasteiger partial charge < -0.3 is 4.90 Å². The molecule has 1 unspecified atom stereocenters. The number of rotatable bonds is 14. The number of halogens is 13. The first-order valence-corrected chi connectivity index (χ1v) is 10.5. The second-order valence-corrected chi connectivity index (χ2v) is 8.52. The van der Waals surface area contributed by atoms with Crippen LogP contribution in [0.4, 0.5) is 57.1 Å². The second kappa shape index (κ2) is 10.6. The zero-order valence-electron chi connectivity index (χ0n) is 16.8. The molecule has 0 amide bonds. The van der Waals surface area contributed by atoms with Crippen molar-refractivity contribution in [2.75, 3.05) is 25.4 Å². The van der Waals surface area contributed by atoms with Gasteiger partial charge in [0.25, 0.3) is 0 Å². The van der Waals surface area contributed by atoms with Crippen molar-refractivity contribution in [2.24, 2.45) is 0 Å². The minimum Gasteiger partial charge on any atom is -0.302 e. The van der Waals surface area contributed by atoms with Crippen molar-refractivity contribution in [3.8, 4) is 0 Å². The lowest BCUT2D eigenvalue weighted by molar-refractivity contribution is -0.433. The van der Waals surface area contributed by atoms with Crippen molar-refractivity contribution in [3.63, 3.8) is 0 Å². The summed E-state index contributed by atoms with van der Waals surface area (Å²) < 4.78 is 182. The highest BCUT2D eigenvalue weighted by molar-refractivity contribution is 7.86. The summed E-state index contributed by atoms with van der Waals surface area (Å²) in [7, 11) is -4.33. The molecule has 0 aromatic carbocycles. The first kappa shape index (κ1) is 31.2. The van der Waals surface area contributed by atoms with Crippen LogP contribution in [-0.4, -0.2) is 69.6 Å². The summed E-state index contributed by atoms with van der Waals surface area (Å²) >= 11 is 0. The molecular formula is C16H22F13NOS. The topological polar surface area (TPSA) is 20.3 Å². The Bertz CT molecular complexity index is 614. The van der Waals surface area contributed by atoms with E-state index in [4.69, 9.17) is 0 Å². The minimum atomic E-state index is -7.98. The highest BCUT2D eigenvalue weighted by atomic mass is 32.2. The van der Waals surface area contributed by atoms with Gasteiger partial charge in [-0.2, -0.15) is 57.1 Å². The molecule has 194 valence electrons. The molecule has 0 saturated heterocycles. The average Bonchev–Trinajstić information content (AvgIpc) is 2.65. The monoisotopic (exact) mass is 523 g/mol. The van der Waals surface area contributed by atoms with E-state index in [0.717, 1.165) is 0 Å². The van der Waals surface area contributed by atoms with Gasteiger partial charge in [-0.1, -0.05) is 26.7 Å². The molecule has 0 heterocycles. The van der Waals surface area contributed by atoms with Gasteiger partial charge in [-0.3, -0.25) is 4.21 Å². The number of hydrogen-bond donors (Lipinski definition) is 0. The van der Waals surface area contributed by atoms with Crippen molar-refractivity contribution in [2.45, 2.75) is 74.7 Å². The van der Waals surface area contributed by atoms with Crippen LogP contribution in [0.1, 0.15) is 39.5 Å². The third kappa shape index (κ3) is 5.81. The number of nitrogens with zero attached hydrogens (tertiary/aromatic N) is 1. The summed E-state index contributed by atoms with van der Waals surface area (Å²) in [6.07, 6.45) is -5.29. The van der Waals surface area contributed by atoms with E-state index in [1.807, 2.05) is 0 Å². The summed E-state index contributed by atoms with van der Waals surface area (Å²) in [5.41, 5.74) is 0. The van der Waals surface area contributed by atoms with Gasteiger partial charge >= 0.3 is 35.1 Å². The molecule has 0 radical (unpaired) electrons. The maximum absolute atomic E-state index is 13.9. The lowest BCUT2D eigenvalue weighted by Gasteiger charge is -2.39. The van der Waals surface area contributed by atoms with Crippen molar-refractivity contribution >= 4 is 10.8 Å². The number of alkyl halides is 13. The Labute approximate surface area is 177 Å². The molecule has 0 aliphatic carbocycles. The van der Waals surface area contributed by atoms with Crippen LogP contribution in [0.3, 0.4) is 0 Å². The van der Waals surface area contributed by atoms with E-state index in [9.17, 15) is 61.3 Å². The van der Waals surface area contributed by atoms with E-state index >= 15 is 0 Å². The van der Waals surface area contributed by atoms with Gasteiger partial charge in [-0.05, 0) is 25.9 Å². The van der Waals surface area contributed by atoms with E-state index < -0.39 is 58.2 Å². The lowest BCUT2D eigenvalue weighted by atomic mass is 9.98. The third-order valence-electron chi connectivity index (χ3n) is 4.44. The highest BCUT2D eigenvalue weighted by Gasteiger charge is 2.91. The summed E-state index contributed by atoms with van der Waals surface area (Å²) in [5, 5.41) is -6.55. The first-order valence-electron chi connectivity index (χ1n) is 9.23. The molecule has 0 fully saturated rings. The van der Waals surface area contributed by atoms with Gasteiger partial charge in [0.1, 0.15) is 0 Å². The molecule has 0 spiro atoms. The molecule has 0 aromatic rings. The van der Waals surface area contributed by atoms with Gasteiger partial charge in [0, 0.05) is 12.3 Å². The van der Waals surface area contributed by atoms with E-state index in [2.05, 4.69) is 0 Å². The quantitative estimate of drug-likeness (QED) is 0.248. The van der Waals surface area contributed by atoms with Crippen molar-refractivity contribution in [1.82, 2.24) is 4.90 Å². The van der Waals surface area contributed by atoms with Gasteiger partial charge in [-0.15, -0.1) is 0 Å². The standard InChI is InChI=1S/C16H22F13NOS/c1-3-5-7-30(8-6-4-2)9-10-32(31)16(28,29)14(23,24)12(19,20)11(17,18)13(21,22)15(25,26)27/h3-10H2,1-2H3. The first-order chi connectivity index (χ1) is 14.2. The number of hydrogen-bond acceptors (Lipinski definition) is 2. The predicted octanol–water partition coefficient (Wildman–Crippen LogP) is 6.33. The van der Waals surface area contributed by atoms with Gasteiger partial charge in [0.2, 0.25) is 0 Å². The Morgan fingerprint density at radius 1 is 0.594 bits per heavy atom. The van der Waals surface area contributed by atoms with Crippen LogP contribution in [0, 0.1) is 0 Å².